The monoisotopic (exact) mass is 368 g/mol. The maximum Gasteiger partial charge on any atom is 0.243 e. The number of sulfonamides is 1. The second-order valence-electron chi connectivity index (χ2n) is 5.89. The first-order valence-corrected chi connectivity index (χ1v) is 9.78. The Labute approximate surface area is 147 Å². The zero-order chi connectivity index (χ0) is 18.3. The number of carbonyl (C=O) groups excluding carboxylic acids is 2. The molecule has 0 bridgehead atoms. The van der Waals surface area contributed by atoms with E-state index in [1.165, 1.54) is 12.1 Å². The number of anilines is 1. The van der Waals surface area contributed by atoms with E-state index < -0.39 is 10.0 Å². The van der Waals surface area contributed by atoms with E-state index in [9.17, 15) is 18.0 Å². The Morgan fingerprint density at radius 2 is 2.04 bits per heavy atom. The molecular formula is C16H24N4O4S. The lowest BCUT2D eigenvalue weighted by atomic mass is 10.2. The van der Waals surface area contributed by atoms with Gasteiger partial charge in [-0.05, 0) is 31.0 Å². The largest absolute Gasteiger partial charge is 0.333 e. The van der Waals surface area contributed by atoms with E-state index in [0.717, 1.165) is 19.3 Å². The number of likely N-dealkylation sites (tertiary alicyclic amines) is 1. The first-order valence-electron chi connectivity index (χ1n) is 8.30. The molecule has 2 amide bonds. The Hall–Kier alpha value is -1.97. The Kier molecular flexibility index (Phi) is 6.91. The number of nitrogens with one attached hydrogen (secondary N) is 2. The molecule has 1 aromatic carbocycles. The molecule has 1 fully saturated rings. The molecule has 0 aromatic heterocycles. The van der Waals surface area contributed by atoms with Gasteiger partial charge in [0.25, 0.3) is 0 Å². The summed E-state index contributed by atoms with van der Waals surface area (Å²) in [6, 6.07) is 5.96. The molecule has 1 aromatic rings. The van der Waals surface area contributed by atoms with E-state index in [0.29, 0.717) is 18.7 Å². The summed E-state index contributed by atoms with van der Waals surface area (Å²) in [6.45, 7) is 0.875. The van der Waals surface area contributed by atoms with Crippen LogP contribution in [0.25, 0.3) is 0 Å². The molecule has 2 rings (SSSR count). The van der Waals surface area contributed by atoms with Crippen LogP contribution < -0.4 is 15.8 Å². The molecule has 0 radical (unpaired) electrons. The normalized spacial score (nSPS) is 15.7. The van der Waals surface area contributed by atoms with Gasteiger partial charge in [0, 0.05) is 31.7 Å². The average molecular weight is 368 g/mol. The molecule has 4 N–H and O–H groups in total. The van der Waals surface area contributed by atoms with Gasteiger partial charge in [0.2, 0.25) is 21.8 Å². The minimum Gasteiger partial charge on any atom is -0.333 e. The number of hydrogen-bond donors (Lipinski definition) is 3. The number of rotatable bonds is 7. The summed E-state index contributed by atoms with van der Waals surface area (Å²) in [4.78, 5) is 25.7. The summed E-state index contributed by atoms with van der Waals surface area (Å²) in [5.74, 6) is -0.366. The summed E-state index contributed by atoms with van der Waals surface area (Å²) in [7, 11) is -3.67. The van der Waals surface area contributed by atoms with Crippen LogP contribution in [0, 0.1) is 0 Å². The number of nitrogens with two attached hydrogens (primary N) is 1. The molecule has 8 nitrogen and oxygen atoms in total. The van der Waals surface area contributed by atoms with Crippen LogP contribution in [0.5, 0.6) is 0 Å². The van der Waals surface area contributed by atoms with Gasteiger partial charge < -0.3 is 16.0 Å². The molecule has 25 heavy (non-hydrogen) atoms. The second-order valence-corrected chi connectivity index (χ2v) is 7.66. The molecule has 138 valence electrons. The van der Waals surface area contributed by atoms with Crippen molar-refractivity contribution < 1.29 is 18.0 Å². The minimum atomic E-state index is -3.67. The first-order chi connectivity index (χ1) is 11.9. The van der Waals surface area contributed by atoms with E-state index in [-0.39, 0.29) is 36.3 Å². The summed E-state index contributed by atoms with van der Waals surface area (Å²) >= 11 is 0. The molecule has 0 saturated carbocycles. The lowest BCUT2D eigenvalue weighted by Gasteiger charge is -2.19. The summed E-state index contributed by atoms with van der Waals surface area (Å²) < 4.78 is 26.6. The zero-order valence-electron chi connectivity index (χ0n) is 14.0. The van der Waals surface area contributed by atoms with Crippen molar-refractivity contribution in [3.8, 4) is 0 Å². The van der Waals surface area contributed by atoms with Crippen molar-refractivity contribution in [1.29, 1.82) is 0 Å². The summed E-state index contributed by atoms with van der Waals surface area (Å²) in [5.41, 5.74) is 5.67. The van der Waals surface area contributed by atoms with Crippen LogP contribution in [-0.4, -0.2) is 51.3 Å². The SMILES string of the molecule is NCCNS(=O)(=O)c1cccc(NC(=O)CN2CCCCCC2=O)c1. The van der Waals surface area contributed by atoms with Crippen molar-refractivity contribution in [1.82, 2.24) is 9.62 Å². The van der Waals surface area contributed by atoms with Gasteiger partial charge in [0.1, 0.15) is 0 Å². The number of benzene rings is 1. The smallest absolute Gasteiger partial charge is 0.243 e. The molecule has 1 heterocycles. The second kappa shape index (κ2) is 8.93. The van der Waals surface area contributed by atoms with Gasteiger partial charge in [-0.2, -0.15) is 0 Å². The quantitative estimate of drug-likeness (QED) is 0.637. The average Bonchev–Trinajstić information content (AvgIpc) is 2.78. The topological polar surface area (TPSA) is 122 Å². The fourth-order valence-electron chi connectivity index (χ4n) is 2.60. The third kappa shape index (κ3) is 5.80. The van der Waals surface area contributed by atoms with Crippen LogP contribution in [0.1, 0.15) is 25.7 Å². The van der Waals surface area contributed by atoms with E-state index in [2.05, 4.69) is 10.0 Å². The highest BCUT2D eigenvalue weighted by molar-refractivity contribution is 7.89. The summed E-state index contributed by atoms with van der Waals surface area (Å²) in [5, 5.41) is 2.65. The van der Waals surface area contributed by atoms with Crippen molar-refractivity contribution >= 4 is 27.5 Å². The Morgan fingerprint density at radius 1 is 1.24 bits per heavy atom. The van der Waals surface area contributed by atoms with Crippen LogP contribution in [0.15, 0.2) is 29.2 Å². The lowest BCUT2D eigenvalue weighted by molar-refractivity contribution is -0.134. The van der Waals surface area contributed by atoms with Crippen molar-refractivity contribution in [2.45, 2.75) is 30.6 Å². The number of nitrogens with zero attached hydrogens (tertiary/aromatic N) is 1. The van der Waals surface area contributed by atoms with Gasteiger partial charge in [-0.25, -0.2) is 13.1 Å². The maximum absolute atomic E-state index is 12.2. The van der Waals surface area contributed by atoms with Crippen LogP contribution >= 0.6 is 0 Å². The number of hydrogen-bond acceptors (Lipinski definition) is 5. The van der Waals surface area contributed by atoms with Crippen molar-refractivity contribution in [3.05, 3.63) is 24.3 Å². The highest BCUT2D eigenvalue weighted by Gasteiger charge is 2.20. The molecule has 1 aliphatic rings. The van der Waals surface area contributed by atoms with Crippen LogP contribution in [0.3, 0.4) is 0 Å². The molecule has 1 aliphatic heterocycles. The van der Waals surface area contributed by atoms with Crippen LogP contribution in [0.4, 0.5) is 5.69 Å². The van der Waals surface area contributed by atoms with E-state index in [1.807, 2.05) is 0 Å². The third-order valence-electron chi connectivity index (χ3n) is 3.87. The van der Waals surface area contributed by atoms with Gasteiger partial charge in [0.05, 0.1) is 11.4 Å². The van der Waals surface area contributed by atoms with Crippen LogP contribution in [0.2, 0.25) is 0 Å². The predicted molar refractivity (Wildman–Crippen MR) is 94.4 cm³/mol. The minimum absolute atomic E-state index is 0.0186. The molecule has 0 unspecified atom stereocenters. The number of amides is 2. The Balaban J connectivity index is 2.01. The Bertz CT molecular complexity index is 721. The van der Waals surface area contributed by atoms with Crippen molar-refractivity contribution in [2.24, 2.45) is 5.73 Å². The Morgan fingerprint density at radius 3 is 2.80 bits per heavy atom. The third-order valence-corrected chi connectivity index (χ3v) is 5.33. The zero-order valence-corrected chi connectivity index (χ0v) is 14.8. The van der Waals surface area contributed by atoms with Gasteiger partial charge in [-0.1, -0.05) is 12.5 Å². The van der Waals surface area contributed by atoms with Crippen LogP contribution in [-0.2, 0) is 19.6 Å². The fourth-order valence-corrected chi connectivity index (χ4v) is 3.69. The van der Waals surface area contributed by atoms with E-state index in [4.69, 9.17) is 5.73 Å². The first kappa shape index (κ1) is 19.4. The molecule has 0 atom stereocenters. The lowest BCUT2D eigenvalue weighted by Crippen LogP contribution is -2.37. The van der Waals surface area contributed by atoms with Gasteiger partial charge in [-0.3, -0.25) is 9.59 Å². The molecule has 1 saturated heterocycles. The van der Waals surface area contributed by atoms with E-state index in [1.54, 1.807) is 17.0 Å². The summed E-state index contributed by atoms with van der Waals surface area (Å²) in [6.07, 6.45) is 3.19. The fraction of sp³-hybridized carbons (Fsp3) is 0.500. The number of carbonyl (C=O) groups is 2. The maximum atomic E-state index is 12.2. The standard InChI is InChI=1S/C16H24N4O4S/c17-8-9-18-25(23,24)14-6-4-5-13(11-14)19-15(21)12-20-10-3-1-2-7-16(20)22/h4-6,11,18H,1-3,7-10,12,17H2,(H,19,21). The van der Waals surface area contributed by atoms with E-state index >= 15 is 0 Å². The highest BCUT2D eigenvalue weighted by Crippen LogP contribution is 2.16. The molecule has 9 heteroatoms. The van der Waals surface area contributed by atoms with Gasteiger partial charge in [0.15, 0.2) is 0 Å². The van der Waals surface area contributed by atoms with Crippen molar-refractivity contribution in [2.75, 3.05) is 31.5 Å². The molecule has 0 aliphatic carbocycles. The van der Waals surface area contributed by atoms with Gasteiger partial charge >= 0.3 is 0 Å². The predicted octanol–water partition coefficient (Wildman–Crippen LogP) is 0.265. The molecule has 0 spiro atoms. The van der Waals surface area contributed by atoms with Gasteiger partial charge in [-0.15, -0.1) is 0 Å². The molecular weight excluding hydrogens is 344 g/mol. The van der Waals surface area contributed by atoms with Crippen molar-refractivity contribution in [3.63, 3.8) is 0 Å². The highest BCUT2D eigenvalue weighted by atomic mass is 32.2.